The monoisotopic (exact) mass is 230 g/mol. The molecule has 2 rings (SSSR count). The highest BCUT2D eigenvalue weighted by molar-refractivity contribution is 7.10. The molecular weight excluding hydrogens is 212 g/mol. The van der Waals surface area contributed by atoms with E-state index in [1.165, 1.54) is 38.3 Å². The summed E-state index contributed by atoms with van der Waals surface area (Å²) in [5.74, 6) is 0. The Labute approximate surface area is 102 Å². The van der Waals surface area contributed by atoms with Crippen molar-refractivity contribution in [1.82, 2.24) is 0 Å². The van der Waals surface area contributed by atoms with Crippen molar-refractivity contribution in [1.29, 1.82) is 0 Å². The molecule has 84 valence electrons. The molecule has 0 N–H and O–H groups in total. The molecule has 1 heteroatoms. The summed E-state index contributed by atoms with van der Waals surface area (Å²) in [6.45, 7) is 11.0. The average Bonchev–Trinajstić information content (AvgIpc) is 2.48. The van der Waals surface area contributed by atoms with Crippen LogP contribution in [-0.2, 0) is 0 Å². The first kappa shape index (κ1) is 11.4. The van der Waals surface area contributed by atoms with E-state index in [2.05, 4.69) is 52.1 Å². The number of hydrogen-bond acceptors (Lipinski definition) is 1. The molecule has 0 saturated carbocycles. The second-order valence-corrected chi connectivity index (χ2v) is 5.69. The summed E-state index contributed by atoms with van der Waals surface area (Å²) in [6.07, 6.45) is 0. The number of thiophene rings is 1. The van der Waals surface area contributed by atoms with E-state index in [0.29, 0.717) is 0 Å². The maximum atomic E-state index is 2.29. The highest BCUT2D eigenvalue weighted by atomic mass is 32.1. The fourth-order valence-corrected chi connectivity index (χ4v) is 3.24. The third kappa shape index (κ3) is 1.80. The Morgan fingerprint density at radius 3 is 1.88 bits per heavy atom. The molecule has 0 saturated heterocycles. The van der Waals surface area contributed by atoms with Crippen molar-refractivity contribution in [2.75, 3.05) is 0 Å². The van der Waals surface area contributed by atoms with Crippen molar-refractivity contribution in [3.8, 4) is 11.1 Å². The number of hydrogen-bond donors (Lipinski definition) is 0. The van der Waals surface area contributed by atoms with Gasteiger partial charge in [0.25, 0.3) is 0 Å². The van der Waals surface area contributed by atoms with Gasteiger partial charge in [0.2, 0.25) is 0 Å². The van der Waals surface area contributed by atoms with Crippen LogP contribution in [0.3, 0.4) is 0 Å². The highest BCUT2D eigenvalue weighted by Crippen LogP contribution is 2.35. The molecule has 0 aliphatic heterocycles. The molecule has 1 heterocycles. The van der Waals surface area contributed by atoms with Gasteiger partial charge in [-0.3, -0.25) is 0 Å². The lowest BCUT2D eigenvalue weighted by atomic mass is 9.93. The van der Waals surface area contributed by atoms with Gasteiger partial charge in [0.1, 0.15) is 0 Å². The lowest BCUT2D eigenvalue weighted by Gasteiger charge is -2.11. The quantitative estimate of drug-likeness (QED) is 0.649. The molecule has 2 aromatic rings. The molecule has 16 heavy (non-hydrogen) atoms. The van der Waals surface area contributed by atoms with Crippen molar-refractivity contribution in [2.24, 2.45) is 0 Å². The van der Waals surface area contributed by atoms with E-state index in [9.17, 15) is 0 Å². The van der Waals surface area contributed by atoms with Crippen LogP contribution < -0.4 is 0 Å². The van der Waals surface area contributed by atoms with Gasteiger partial charge in [-0.25, -0.2) is 0 Å². The first-order chi connectivity index (χ1) is 7.50. The maximum Gasteiger partial charge on any atom is 0.00497 e. The first-order valence-electron chi connectivity index (χ1n) is 5.63. The van der Waals surface area contributed by atoms with Gasteiger partial charge < -0.3 is 0 Å². The van der Waals surface area contributed by atoms with E-state index in [4.69, 9.17) is 0 Å². The van der Waals surface area contributed by atoms with Crippen LogP contribution in [0.15, 0.2) is 17.5 Å². The molecule has 0 spiro atoms. The number of aryl methyl sites for hydroxylation is 4. The predicted molar refractivity (Wildman–Crippen MR) is 73.4 cm³/mol. The third-order valence-corrected chi connectivity index (χ3v) is 4.25. The van der Waals surface area contributed by atoms with Gasteiger partial charge in [0.15, 0.2) is 0 Å². The minimum atomic E-state index is 1.35. The Balaban J connectivity index is 2.69. The number of rotatable bonds is 1. The summed E-state index contributed by atoms with van der Waals surface area (Å²) >= 11 is 1.85. The molecule has 1 aromatic carbocycles. The molecule has 0 nitrogen and oxygen atoms in total. The minimum Gasteiger partial charge on any atom is -0.148 e. The molecule has 1 aromatic heterocycles. The van der Waals surface area contributed by atoms with Crippen molar-refractivity contribution in [3.05, 3.63) is 44.6 Å². The summed E-state index contributed by atoms with van der Waals surface area (Å²) in [4.78, 5) is 1.43. The van der Waals surface area contributed by atoms with Gasteiger partial charge in [-0.1, -0.05) is 17.7 Å². The number of benzene rings is 1. The molecule has 0 fully saturated rings. The van der Waals surface area contributed by atoms with Crippen LogP contribution in [0.4, 0.5) is 0 Å². The Hall–Kier alpha value is -1.08. The molecule has 0 unspecified atom stereocenters. The van der Waals surface area contributed by atoms with E-state index >= 15 is 0 Å². The first-order valence-corrected chi connectivity index (χ1v) is 6.51. The minimum absolute atomic E-state index is 1.35. The standard InChI is InChI=1S/C15H18S/c1-9-6-10(2)15(11(3)7-9)14-8-16-13(5)12(14)4/h6-8H,1-5H3. The van der Waals surface area contributed by atoms with Crippen molar-refractivity contribution in [3.63, 3.8) is 0 Å². The summed E-state index contributed by atoms with van der Waals surface area (Å²) in [6, 6.07) is 4.55. The summed E-state index contributed by atoms with van der Waals surface area (Å²) < 4.78 is 0. The Bertz CT molecular complexity index is 509. The largest absolute Gasteiger partial charge is 0.148 e. The second kappa shape index (κ2) is 4.06. The van der Waals surface area contributed by atoms with Gasteiger partial charge in [0, 0.05) is 4.88 Å². The second-order valence-electron chi connectivity index (χ2n) is 4.60. The van der Waals surface area contributed by atoms with E-state index in [0.717, 1.165) is 0 Å². The summed E-state index contributed by atoms with van der Waals surface area (Å²) in [7, 11) is 0. The average molecular weight is 230 g/mol. The van der Waals surface area contributed by atoms with Crippen LogP contribution in [-0.4, -0.2) is 0 Å². The topological polar surface area (TPSA) is 0 Å². The highest BCUT2D eigenvalue weighted by Gasteiger charge is 2.11. The lowest BCUT2D eigenvalue weighted by molar-refractivity contribution is 1.31. The third-order valence-electron chi connectivity index (χ3n) is 3.23. The van der Waals surface area contributed by atoms with E-state index < -0.39 is 0 Å². The molecule has 0 aliphatic carbocycles. The van der Waals surface area contributed by atoms with E-state index in [1.807, 2.05) is 11.3 Å². The molecule has 0 radical (unpaired) electrons. The van der Waals surface area contributed by atoms with Gasteiger partial charge >= 0.3 is 0 Å². The predicted octanol–water partition coefficient (Wildman–Crippen LogP) is 4.96. The zero-order valence-electron chi connectivity index (χ0n) is 10.6. The normalized spacial score (nSPS) is 10.8. The SMILES string of the molecule is Cc1cc(C)c(-c2csc(C)c2C)c(C)c1. The fraction of sp³-hybridized carbons (Fsp3) is 0.333. The molecule has 0 atom stereocenters. The van der Waals surface area contributed by atoms with Crippen molar-refractivity contribution in [2.45, 2.75) is 34.6 Å². The Kier molecular flexibility index (Phi) is 2.90. The molecule has 0 amide bonds. The van der Waals surface area contributed by atoms with Crippen LogP contribution in [0, 0.1) is 34.6 Å². The van der Waals surface area contributed by atoms with Gasteiger partial charge in [-0.05, 0) is 67.8 Å². The Morgan fingerprint density at radius 1 is 0.875 bits per heavy atom. The zero-order valence-corrected chi connectivity index (χ0v) is 11.5. The van der Waals surface area contributed by atoms with E-state index in [-0.39, 0.29) is 0 Å². The van der Waals surface area contributed by atoms with Crippen LogP contribution in [0.25, 0.3) is 11.1 Å². The van der Waals surface area contributed by atoms with Gasteiger partial charge in [0.05, 0.1) is 0 Å². The smallest absolute Gasteiger partial charge is 0.00497 e. The van der Waals surface area contributed by atoms with Crippen LogP contribution in [0.5, 0.6) is 0 Å². The molecular formula is C15H18S. The van der Waals surface area contributed by atoms with Crippen LogP contribution in [0.2, 0.25) is 0 Å². The van der Waals surface area contributed by atoms with Crippen molar-refractivity contribution >= 4 is 11.3 Å². The fourth-order valence-electron chi connectivity index (χ4n) is 2.37. The Morgan fingerprint density at radius 2 is 1.44 bits per heavy atom. The van der Waals surface area contributed by atoms with Gasteiger partial charge in [-0.2, -0.15) is 0 Å². The lowest BCUT2D eigenvalue weighted by Crippen LogP contribution is -1.90. The maximum absolute atomic E-state index is 2.29. The molecule has 0 bridgehead atoms. The van der Waals surface area contributed by atoms with Crippen molar-refractivity contribution < 1.29 is 0 Å². The van der Waals surface area contributed by atoms with Crippen LogP contribution in [0.1, 0.15) is 27.1 Å². The zero-order chi connectivity index (χ0) is 11.9. The summed E-state index contributed by atoms with van der Waals surface area (Å²) in [5, 5.41) is 2.29. The summed E-state index contributed by atoms with van der Waals surface area (Å²) in [5.41, 5.74) is 8.39. The molecule has 0 aliphatic rings. The van der Waals surface area contributed by atoms with Crippen LogP contribution >= 0.6 is 11.3 Å². The van der Waals surface area contributed by atoms with Gasteiger partial charge in [-0.15, -0.1) is 11.3 Å². The van der Waals surface area contributed by atoms with E-state index in [1.54, 1.807) is 0 Å².